The quantitative estimate of drug-likeness (QED) is 0.710. The highest BCUT2D eigenvalue weighted by Crippen LogP contribution is 2.27. The Bertz CT molecular complexity index is 1010. The number of hydrogen-bond donors (Lipinski definition) is 1. The molecule has 150 valence electrons. The van der Waals surface area contributed by atoms with Crippen LogP contribution in [0.2, 0.25) is 0 Å². The maximum Gasteiger partial charge on any atom is 0.228 e. The molecule has 0 aliphatic carbocycles. The van der Waals surface area contributed by atoms with Crippen LogP contribution in [0, 0.1) is 6.92 Å². The molecule has 1 amide bonds. The zero-order chi connectivity index (χ0) is 20.2. The number of amides is 1. The largest absolute Gasteiger partial charge is 0.497 e. The normalized spacial score (nSPS) is 13.4. The molecule has 0 bridgehead atoms. The third-order valence-electron chi connectivity index (χ3n) is 5.40. The van der Waals surface area contributed by atoms with Crippen molar-refractivity contribution in [2.45, 2.75) is 45.6 Å². The Hall–Kier alpha value is -3.15. The highest BCUT2D eigenvalue weighted by Gasteiger charge is 2.17. The summed E-state index contributed by atoms with van der Waals surface area (Å²) in [6, 6.07) is 13.6. The van der Waals surface area contributed by atoms with Crippen LogP contribution in [0.5, 0.6) is 5.75 Å². The van der Waals surface area contributed by atoms with E-state index in [-0.39, 0.29) is 5.91 Å². The van der Waals surface area contributed by atoms with Crippen LogP contribution in [0.3, 0.4) is 0 Å². The average molecular weight is 390 g/mol. The number of aryl methyl sites for hydroxylation is 2. The number of benzene rings is 2. The predicted octanol–water partition coefficient (Wildman–Crippen LogP) is 4.17. The van der Waals surface area contributed by atoms with Crippen molar-refractivity contribution in [1.29, 1.82) is 0 Å². The molecule has 1 N–H and O–H groups in total. The van der Waals surface area contributed by atoms with E-state index in [0.29, 0.717) is 6.42 Å². The number of carbonyl (C=O) groups is 1. The van der Waals surface area contributed by atoms with E-state index in [2.05, 4.69) is 26.1 Å². The van der Waals surface area contributed by atoms with Crippen molar-refractivity contribution in [1.82, 2.24) is 14.8 Å². The third kappa shape index (κ3) is 4.31. The molecule has 1 aliphatic heterocycles. The first-order valence-corrected chi connectivity index (χ1v) is 10.1. The number of hydrogen-bond acceptors (Lipinski definition) is 4. The van der Waals surface area contributed by atoms with Crippen LogP contribution in [0.4, 0.5) is 5.69 Å². The highest BCUT2D eigenvalue weighted by molar-refractivity contribution is 5.93. The molecule has 3 aromatic rings. The van der Waals surface area contributed by atoms with Gasteiger partial charge in [-0.3, -0.25) is 4.79 Å². The number of fused-ring (bicyclic) bond motifs is 1. The minimum Gasteiger partial charge on any atom is -0.497 e. The predicted molar refractivity (Wildman–Crippen MR) is 113 cm³/mol. The van der Waals surface area contributed by atoms with Crippen molar-refractivity contribution >= 4 is 11.6 Å². The lowest BCUT2D eigenvalue weighted by atomic mass is 10.1. The van der Waals surface area contributed by atoms with Gasteiger partial charge in [0.05, 0.1) is 13.5 Å². The van der Waals surface area contributed by atoms with E-state index in [1.165, 1.54) is 12.8 Å². The molecule has 0 fully saturated rings. The summed E-state index contributed by atoms with van der Waals surface area (Å²) in [4.78, 5) is 12.6. The zero-order valence-electron chi connectivity index (χ0n) is 16.9. The van der Waals surface area contributed by atoms with Gasteiger partial charge in [0.15, 0.2) is 5.82 Å². The van der Waals surface area contributed by atoms with Crippen LogP contribution in [0.1, 0.15) is 36.2 Å². The minimum atomic E-state index is -0.0458. The standard InChI is InChI=1S/C23H26N4O2/c1-16-7-10-18(23-26-25-21-6-4-3-5-13-27(21)23)15-20(16)24-22(28)14-17-8-11-19(29-2)12-9-17/h7-12,15H,3-6,13-14H2,1-2H3,(H,24,28). The summed E-state index contributed by atoms with van der Waals surface area (Å²) in [7, 11) is 1.63. The second-order valence-electron chi connectivity index (χ2n) is 7.50. The molecule has 2 aromatic carbocycles. The number of nitrogens with one attached hydrogen (secondary N) is 1. The summed E-state index contributed by atoms with van der Waals surface area (Å²) in [6.45, 7) is 2.95. The van der Waals surface area contributed by atoms with Gasteiger partial charge < -0.3 is 14.6 Å². The first kappa shape index (κ1) is 19.2. The van der Waals surface area contributed by atoms with E-state index in [9.17, 15) is 4.79 Å². The fourth-order valence-corrected chi connectivity index (χ4v) is 3.72. The van der Waals surface area contributed by atoms with Gasteiger partial charge in [-0.15, -0.1) is 10.2 Å². The molecule has 0 unspecified atom stereocenters. The summed E-state index contributed by atoms with van der Waals surface area (Å²) in [6.07, 6.45) is 4.83. The number of aromatic nitrogens is 3. The van der Waals surface area contributed by atoms with Crippen LogP contribution < -0.4 is 10.1 Å². The fraction of sp³-hybridized carbons (Fsp3) is 0.348. The van der Waals surface area contributed by atoms with E-state index < -0.39 is 0 Å². The van der Waals surface area contributed by atoms with E-state index in [1.54, 1.807) is 7.11 Å². The van der Waals surface area contributed by atoms with Crippen LogP contribution in [-0.4, -0.2) is 27.8 Å². The topological polar surface area (TPSA) is 69.0 Å². The van der Waals surface area contributed by atoms with Gasteiger partial charge in [-0.25, -0.2) is 0 Å². The fourth-order valence-electron chi connectivity index (χ4n) is 3.72. The molecule has 0 atom stereocenters. The SMILES string of the molecule is COc1ccc(CC(=O)Nc2cc(-c3nnc4n3CCCCC4)ccc2C)cc1. The lowest BCUT2D eigenvalue weighted by Crippen LogP contribution is -2.15. The Morgan fingerprint density at radius 3 is 2.72 bits per heavy atom. The second kappa shape index (κ2) is 8.47. The summed E-state index contributed by atoms with van der Waals surface area (Å²) in [5.41, 5.74) is 3.76. The molecule has 2 heterocycles. The van der Waals surface area contributed by atoms with Gasteiger partial charge in [0.25, 0.3) is 0 Å². The lowest BCUT2D eigenvalue weighted by Gasteiger charge is -2.12. The lowest BCUT2D eigenvalue weighted by molar-refractivity contribution is -0.115. The molecular weight excluding hydrogens is 364 g/mol. The van der Waals surface area contributed by atoms with E-state index in [1.807, 2.05) is 43.3 Å². The van der Waals surface area contributed by atoms with Gasteiger partial charge >= 0.3 is 0 Å². The maximum atomic E-state index is 12.6. The third-order valence-corrected chi connectivity index (χ3v) is 5.40. The molecule has 0 saturated carbocycles. The molecule has 6 heteroatoms. The summed E-state index contributed by atoms with van der Waals surface area (Å²) < 4.78 is 7.39. The van der Waals surface area contributed by atoms with Gasteiger partial charge in [0.1, 0.15) is 11.6 Å². The first-order valence-electron chi connectivity index (χ1n) is 10.1. The molecule has 1 aromatic heterocycles. The first-order chi connectivity index (χ1) is 14.1. The molecule has 1 aliphatic rings. The molecule has 29 heavy (non-hydrogen) atoms. The number of methoxy groups -OCH3 is 1. The van der Waals surface area contributed by atoms with Crippen molar-refractivity contribution in [2.75, 3.05) is 12.4 Å². The average Bonchev–Trinajstić information content (AvgIpc) is 2.98. The summed E-state index contributed by atoms with van der Waals surface area (Å²) >= 11 is 0. The Balaban J connectivity index is 1.52. The van der Waals surface area contributed by atoms with Crippen LogP contribution in [0.25, 0.3) is 11.4 Å². The molecular formula is C23H26N4O2. The van der Waals surface area contributed by atoms with Crippen molar-refractivity contribution in [3.8, 4) is 17.1 Å². The molecule has 0 radical (unpaired) electrons. The van der Waals surface area contributed by atoms with Crippen molar-refractivity contribution < 1.29 is 9.53 Å². The van der Waals surface area contributed by atoms with Crippen molar-refractivity contribution in [2.24, 2.45) is 0 Å². The second-order valence-corrected chi connectivity index (χ2v) is 7.50. The number of carbonyl (C=O) groups excluding carboxylic acids is 1. The van der Waals surface area contributed by atoms with Gasteiger partial charge in [0.2, 0.25) is 5.91 Å². The van der Waals surface area contributed by atoms with Crippen molar-refractivity contribution in [3.63, 3.8) is 0 Å². The Morgan fingerprint density at radius 1 is 1.10 bits per heavy atom. The smallest absolute Gasteiger partial charge is 0.228 e. The van der Waals surface area contributed by atoms with Gasteiger partial charge in [0, 0.05) is 24.2 Å². The van der Waals surface area contributed by atoms with Crippen LogP contribution in [0.15, 0.2) is 42.5 Å². The summed E-state index contributed by atoms with van der Waals surface area (Å²) in [5.74, 6) is 2.68. The zero-order valence-corrected chi connectivity index (χ0v) is 16.9. The maximum absolute atomic E-state index is 12.6. The minimum absolute atomic E-state index is 0.0458. The number of rotatable bonds is 5. The van der Waals surface area contributed by atoms with Crippen molar-refractivity contribution in [3.05, 3.63) is 59.4 Å². The van der Waals surface area contributed by atoms with E-state index in [4.69, 9.17) is 4.74 Å². The van der Waals surface area contributed by atoms with Crippen LogP contribution in [-0.2, 0) is 24.2 Å². The van der Waals surface area contributed by atoms with Crippen LogP contribution >= 0.6 is 0 Å². The molecule has 6 nitrogen and oxygen atoms in total. The monoisotopic (exact) mass is 390 g/mol. The van der Waals surface area contributed by atoms with Gasteiger partial charge in [-0.2, -0.15) is 0 Å². The Kier molecular flexibility index (Phi) is 5.60. The molecule has 0 saturated heterocycles. The summed E-state index contributed by atoms with van der Waals surface area (Å²) in [5, 5.41) is 11.9. The number of anilines is 1. The number of ether oxygens (including phenoxy) is 1. The van der Waals surface area contributed by atoms with Gasteiger partial charge in [-0.05, 0) is 49.1 Å². The van der Waals surface area contributed by atoms with Gasteiger partial charge in [-0.1, -0.05) is 30.7 Å². The highest BCUT2D eigenvalue weighted by atomic mass is 16.5. The Morgan fingerprint density at radius 2 is 1.93 bits per heavy atom. The Labute approximate surface area is 170 Å². The van der Waals surface area contributed by atoms with E-state index in [0.717, 1.165) is 59.2 Å². The molecule has 4 rings (SSSR count). The van der Waals surface area contributed by atoms with E-state index >= 15 is 0 Å². The molecule has 0 spiro atoms. The number of nitrogens with zero attached hydrogens (tertiary/aromatic N) is 3.